The predicted octanol–water partition coefficient (Wildman–Crippen LogP) is 5.82. The van der Waals surface area contributed by atoms with E-state index in [1.165, 1.54) is 37.7 Å². The highest BCUT2D eigenvalue weighted by Gasteiger charge is 2.08. The molecule has 2 rings (SSSR count). The Morgan fingerprint density at radius 3 is 2.08 bits per heavy atom. The number of rotatable bonds is 10. The molecule has 0 aliphatic heterocycles. The molecule has 0 unspecified atom stereocenters. The summed E-state index contributed by atoms with van der Waals surface area (Å²) in [4.78, 5) is 12.2. The number of carbonyl (C=O) groups excluding carboxylic acids is 1. The molecule has 0 bridgehead atoms. The predicted molar refractivity (Wildman–Crippen MR) is 101 cm³/mol. The smallest absolute Gasteiger partial charge is 0.343 e. The van der Waals surface area contributed by atoms with Crippen molar-refractivity contribution in [3.05, 3.63) is 59.7 Å². The van der Waals surface area contributed by atoms with Crippen molar-refractivity contribution >= 4 is 5.97 Å². The molecule has 0 N–H and O–H groups in total. The first-order valence-electron chi connectivity index (χ1n) is 9.27. The van der Waals surface area contributed by atoms with Crippen molar-refractivity contribution in [2.75, 3.05) is 6.61 Å². The lowest BCUT2D eigenvalue weighted by Gasteiger charge is -2.07. The van der Waals surface area contributed by atoms with E-state index in [2.05, 4.69) is 6.92 Å². The molecule has 0 amide bonds. The fourth-order valence-corrected chi connectivity index (χ4v) is 2.68. The molecule has 0 aliphatic rings. The van der Waals surface area contributed by atoms with Gasteiger partial charge >= 0.3 is 5.97 Å². The molecule has 3 nitrogen and oxygen atoms in total. The highest BCUT2D eigenvalue weighted by atomic mass is 16.5. The molecule has 0 radical (unpaired) electrons. The molecule has 2 aromatic rings. The summed E-state index contributed by atoms with van der Waals surface area (Å²) in [5, 5.41) is 0. The fourth-order valence-electron chi connectivity index (χ4n) is 2.68. The van der Waals surface area contributed by atoms with Crippen LogP contribution in [0.25, 0.3) is 0 Å². The summed E-state index contributed by atoms with van der Waals surface area (Å²) in [5.41, 5.74) is 1.85. The summed E-state index contributed by atoms with van der Waals surface area (Å²) in [6, 6.07) is 14.8. The molecule has 0 heterocycles. The number of hydrogen-bond donors (Lipinski definition) is 0. The van der Waals surface area contributed by atoms with Crippen molar-refractivity contribution in [3.63, 3.8) is 0 Å². The molecule has 0 fully saturated rings. The van der Waals surface area contributed by atoms with Crippen LogP contribution in [0.5, 0.6) is 11.5 Å². The quantitative estimate of drug-likeness (QED) is 0.311. The molecule has 3 heteroatoms. The van der Waals surface area contributed by atoms with Gasteiger partial charge < -0.3 is 9.47 Å². The third kappa shape index (κ3) is 6.61. The molecular weight excluding hydrogens is 312 g/mol. The Hall–Kier alpha value is -2.29. The maximum absolute atomic E-state index is 12.2. The monoisotopic (exact) mass is 340 g/mol. The van der Waals surface area contributed by atoms with Crippen LogP contribution in [0.15, 0.2) is 48.5 Å². The first-order chi connectivity index (χ1) is 12.2. The zero-order valence-corrected chi connectivity index (χ0v) is 15.3. The molecule has 2 aromatic carbocycles. The number of aryl methyl sites for hydroxylation is 1. The first-order valence-corrected chi connectivity index (χ1v) is 9.27. The Labute approximate surface area is 151 Å². The molecule has 134 valence electrons. The molecule has 25 heavy (non-hydrogen) atoms. The minimum atomic E-state index is -0.335. The van der Waals surface area contributed by atoms with Gasteiger partial charge in [-0.3, -0.25) is 0 Å². The lowest BCUT2D eigenvalue weighted by atomic mass is 10.0. The van der Waals surface area contributed by atoms with E-state index >= 15 is 0 Å². The number of esters is 1. The maximum atomic E-state index is 12.2. The molecule has 0 atom stereocenters. The van der Waals surface area contributed by atoms with Gasteiger partial charge in [-0.05, 0) is 61.7 Å². The Bertz CT molecular complexity index is 629. The minimum absolute atomic E-state index is 0.335. The molecule has 0 spiro atoms. The summed E-state index contributed by atoms with van der Waals surface area (Å²) >= 11 is 0. The number of benzene rings is 2. The van der Waals surface area contributed by atoms with Crippen LogP contribution in [0.1, 0.15) is 61.9 Å². The Morgan fingerprint density at radius 1 is 0.800 bits per heavy atom. The van der Waals surface area contributed by atoms with Gasteiger partial charge in [-0.1, -0.05) is 44.7 Å². The second kappa shape index (κ2) is 10.5. The van der Waals surface area contributed by atoms with Gasteiger partial charge in [0.15, 0.2) is 0 Å². The number of ether oxygens (including phenoxy) is 2. The lowest BCUT2D eigenvalue weighted by Crippen LogP contribution is -2.08. The van der Waals surface area contributed by atoms with Crippen molar-refractivity contribution in [2.45, 2.75) is 52.4 Å². The first kappa shape index (κ1) is 19.0. The summed E-state index contributed by atoms with van der Waals surface area (Å²) in [6.07, 6.45) is 7.44. The van der Waals surface area contributed by atoms with E-state index in [-0.39, 0.29) is 5.97 Å². The topological polar surface area (TPSA) is 35.5 Å². The van der Waals surface area contributed by atoms with Crippen molar-refractivity contribution in [1.82, 2.24) is 0 Å². The largest absolute Gasteiger partial charge is 0.494 e. The van der Waals surface area contributed by atoms with E-state index < -0.39 is 0 Å². The van der Waals surface area contributed by atoms with Crippen molar-refractivity contribution in [1.29, 1.82) is 0 Å². The van der Waals surface area contributed by atoms with Gasteiger partial charge in [-0.25, -0.2) is 4.79 Å². The van der Waals surface area contributed by atoms with Gasteiger partial charge in [0.2, 0.25) is 0 Å². The second-order valence-electron chi connectivity index (χ2n) is 6.16. The Balaban J connectivity index is 1.83. The third-order valence-corrected chi connectivity index (χ3v) is 4.10. The summed E-state index contributed by atoms with van der Waals surface area (Å²) in [7, 11) is 0. The molecule has 0 saturated heterocycles. The van der Waals surface area contributed by atoms with E-state index in [1.807, 2.05) is 31.2 Å². The van der Waals surface area contributed by atoms with Gasteiger partial charge in [0.1, 0.15) is 11.5 Å². The standard InChI is InChI=1S/C22H28O3/c1-3-5-6-7-8-9-18-10-12-19(13-11-18)22(23)25-21-16-14-20(15-17-21)24-4-2/h10-17H,3-9H2,1-2H3. The van der Waals surface area contributed by atoms with Crippen molar-refractivity contribution < 1.29 is 14.3 Å². The third-order valence-electron chi connectivity index (χ3n) is 4.10. The SMILES string of the molecule is CCCCCCCc1ccc(C(=O)Oc2ccc(OCC)cc2)cc1. The summed E-state index contributed by atoms with van der Waals surface area (Å²) in [5.74, 6) is 0.956. The van der Waals surface area contributed by atoms with Crippen LogP contribution >= 0.6 is 0 Å². The Kier molecular flexibility index (Phi) is 8.03. The number of hydrogen-bond acceptors (Lipinski definition) is 3. The Morgan fingerprint density at radius 2 is 1.44 bits per heavy atom. The average molecular weight is 340 g/mol. The maximum Gasteiger partial charge on any atom is 0.343 e. The average Bonchev–Trinajstić information content (AvgIpc) is 2.64. The fraction of sp³-hybridized carbons (Fsp3) is 0.409. The summed E-state index contributed by atoms with van der Waals surface area (Å²) in [6.45, 7) is 4.78. The van der Waals surface area contributed by atoms with Crippen LogP contribution in [0, 0.1) is 0 Å². The normalized spacial score (nSPS) is 10.5. The molecule has 0 aromatic heterocycles. The van der Waals surface area contributed by atoms with Gasteiger partial charge in [-0.15, -0.1) is 0 Å². The van der Waals surface area contributed by atoms with Crippen LogP contribution < -0.4 is 9.47 Å². The van der Waals surface area contributed by atoms with E-state index in [9.17, 15) is 4.79 Å². The van der Waals surface area contributed by atoms with Crippen molar-refractivity contribution in [3.8, 4) is 11.5 Å². The highest BCUT2D eigenvalue weighted by Crippen LogP contribution is 2.19. The van der Waals surface area contributed by atoms with Gasteiger partial charge in [0, 0.05) is 0 Å². The molecule has 0 aliphatic carbocycles. The highest BCUT2D eigenvalue weighted by molar-refractivity contribution is 5.91. The lowest BCUT2D eigenvalue weighted by molar-refractivity contribution is 0.0734. The molecular formula is C22H28O3. The van der Waals surface area contributed by atoms with Gasteiger partial charge in [-0.2, -0.15) is 0 Å². The van der Waals surface area contributed by atoms with Crippen LogP contribution in [-0.2, 0) is 6.42 Å². The van der Waals surface area contributed by atoms with E-state index in [1.54, 1.807) is 24.3 Å². The van der Waals surface area contributed by atoms with E-state index in [0.717, 1.165) is 12.2 Å². The summed E-state index contributed by atoms with van der Waals surface area (Å²) < 4.78 is 10.8. The van der Waals surface area contributed by atoms with Crippen LogP contribution in [0.2, 0.25) is 0 Å². The number of unbranched alkanes of at least 4 members (excludes halogenated alkanes) is 4. The van der Waals surface area contributed by atoms with Crippen molar-refractivity contribution in [2.24, 2.45) is 0 Å². The molecule has 0 saturated carbocycles. The van der Waals surface area contributed by atoms with E-state index in [4.69, 9.17) is 9.47 Å². The van der Waals surface area contributed by atoms with Crippen LogP contribution in [-0.4, -0.2) is 12.6 Å². The minimum Gasteiger partial charge on any atom is -0.494 e. The second-order valence-corrected chi connectivity index (χ2v) is 6.16. The van der Waals surface area contributed by atoms with Gasteiger partial charge in [0.25, 0.3) is 0 Å². The number of carbonyl (C=O) groups is 1. The zero-order valence-electron chi connectivity index (χ0n) is 15.3. The van der Waals surface area contributed by atoms with E-state index in [0.29, 0.717) is 17.9 Å². The van der Waals surface area contributed by atoms with Crippen LogP contribution in [0.4, 0.5) is 0 Å². The van der Waals surface area contributed by atoms with Gasteiger partial charge in [0.05, 0.1) is 12.2 Å². The zero-order chi connectivity index (χ0) is 17.9. The van der Waals surface area contributed by atoms with Crippen LogP contribution in [0.3, 0.4) is 0 Å².